The van der Waals surface area contributed by atoms with Gasteiger partial charge in [0, 0.05) is 7.05 Å². The Morgan fingerprint density at radius 3 is 2.44 bits per heavy atom. The first-order valence-electron chi connectivity index (χ1n) is 2.19. The van der Waals surface area contributed by atoms with Crippen LogP contribution in [0.15, 0.2) is 0 Å². The molecule has 3 nitrogen and oxygen atoms in total. The number of carbonyl (C=O) groups excluding carboxylic acids is 1. The van der Waals surface area contributed by atoms with Gasteiger partial charge >= 0.3 is 0 Å². The van der Waals surface area contributed by atoms with Crippen molar-refractivity contribution in [3.05, 3.63) is 0 Å². The second-order valence-electron chi connectivity index (χ2n) is 1.32. The molecule has 0 aromatic rings. The van der Waals surface area contributed by atoms with E-state index < -0.39 is 11.0 Å². The number of amides is 1. The molecule has 5 heteroatoms. The number of carbonyl (C=O) groups is 1. The van der Waals surface area contributed by atoms with Crippen molar-refractivity contribution in [2.75, 3.05) is 14.2 Å². The Labute approximate surface area is 60.9 Å². The maximum atomic E-state index is 12.0. The maximum Gasteiger partial charge on any atom is 0.291 e. The quantitative estimate of drug-likeness (QED) is 0.485. The van der Waals surface area contributed by atoms with Gasteiger partial charge in [-0.1, -0.05) is 0 Å². The van der Waals surface area contributed by atoms with E-state index >= 15 is 0 Å². The number of nitrogens with zero attached hydrogens (tertiary/aromatic N) is 1. The molecule has 0 rings (SSSR count). The van der Waals surface area contributed by atoms with E-state index in [0.717, 1.165) is 5.06 Å². The van der Waals surface area contributed by atoms with Crippen LogP contribution in [0.1, 0.15) is 0 Å². The summed E-state index contributed by atoms with van der Waals surface area (Å²) in [5.74, 6) is -0.752. The third kappa shape index (κ3) is 2.76. The zero-order chi connectivity index (χ0) is 7.44. The molecule has 0 aromatic carbocycles. The molecule has 0 aliphatic heterocycles. The van der Waals surface area contributed by atoms with E-state index in [1.165, 1.54) is 14.2 Å². The van der Waals surface area contributed by atoms with Crippen molar-refractivity contribution in [1.82, 2.24) is 5.06 Å². The van der Waals surface area contributed by atoms with Gasteiger partial charge in [0.15, 0.2) is 0 Å². The minimum Gasteiger partial charge on any atom is -0.274 e. The summed E-state index contributed by atoms with van der Waals surface area (Å²) in [6.45, 7) is 0. The highest BCUT2D eigenvalue weighted by Gasteiger charge is 2.16. The minimum absolute atomic E-state index is 0.752. The van der Waals surface area contributed by atoms with Gasteiger partial charge in [-0.3, -0.25) is 9.63 Å². The second-order valence-corrected chi connectivity index (χ2v) is 2.12. The van der Waals surface area contributed by atoms with E-state index in [-0.39, 0.29) is 0 Å². The summed E-state index contributed by atoms with van der Waals surface area (Å²) in [6.07, 6.45) is 0. The Hall–Kier alpha value is -0.160. The zero-order valence-electron chi connectivity index (χ0n) is 5.10. The van der Waals surface area contributed by atoms with Crippen molar-refractivity contribution < 1.29 is 14.0 Å². The molecule has 0 fully saturated rings. The summed E-state index contributed by atoms with van der Waals surface area (Å²) in [5.41, 5.74) is 0. The van der Waals surface area contributed by atoms with Crippen molar-refractivity contribution in [2.24, 2.45) is 0 Å². The summed E-state index contributed by atoms with van der Waals surface area (Å²) < 4.78 is 12.0. The van der Waals surface area contributed by atoms with Crippen LogP contribution >= 0.6 is 15.9 Å². The van der Waals surface area contributed by atoms with Crippen LogP contribution in [0.5, 0.6) is 0 Å². The fraction of sp³-hybridized carbons (Fsp3) is 0.750. The minimum atomic E-state index is -1.68. The highest BCUT2D eigenvalue weighted by Crippen LogP contribution is 2.03. The van der Waals surface area contributed by atoms with E-state index in [0.29, 0.717) is 0 Å². The Morgan fingerprint density at radius 1 is 1.89 bits per heavy atom. The molecule has 0 aliphatic carbocycles. The molecule has 54 valence electrons. The first-order valence-corrected chi connectivity index (χ1v) is 3.11. The molecule has 0 aliphatic rings. The van der Waals surface area contributed by atoms with E-state index in [2.05, 4.69) is 20.8 Å². The number of hydrogen-bond acceptors (Lipinski definition) is 2. The van der Waals surface area contributed by atoms with Gasteiger partial charge in [0.25, 0.3) is 5.91 Å². The average molecular weight is 200 g/mol. The van der Waals surface area contributed by atoms with Gasteiger partial charge in [-0.25, -0.2) is 9.45 Å². The van der Waals surface area contributed by atoms with Gasteiger partial charge in [0.05, 0.1) is 7.11 Å². The largest absolute Gasteiger partial charge is 0.291 e. The highest BCUT2D eigenvalue weighted by molar-refractivity contribution is 9.09. The third-order valence-corrected chi connectivity index (χ3v) is 1.16. The summed E-state index contributed by atoms with van der Waals surface area (Å²) >= 11 is 2.44. The second kappa shape index (κ2) is 3.79. The van der Waals surface area contributed by atoms with Crippen molar-refractivity contribution in [2.45, 2.75) is 5.08 Å². The van der Waals surface area contributed by atoms with Crippen LogP contribution in [0.4, 0.5) is 4.39 Å². The Kier molecular flexibility index (Phi) is 3.72. The highest BCUT2D eigenvalue weighted by atomic mass is 79.9. The fourth-order valence-electron chi connectivity index (χ4n) is 0.227. The van der Waals surface area contributed by atoms with Crippen molar-refractivity contribution >= 4 is 21.8 Å². The van der Waals surface area contributed by atoms with Crippen LogP contribution in [-0.2, 0) is 9.63 Å². The Bertz CT molecular complexity index is 109. The lowest BCUT2D eigenvalue weighted by Gasteiger charge is -2.12. The average Bonchev–Trinajstić information content (AvgIpc) is 1.84. The van der Waals surface area contributed by atoms with Crippen molar-refractivity contribution in [3.8, 4) is 0 Å². The summed E-state index contributed by atoms with van der Waals surface area (Å²) in [5, 5.41) is -0.873. The zero-order valence-corrected chi connectivity index (χ0v) is 6.68. The van der Waals surface area contributed by atoms with Crippen LogP contribution in [-0.4, -0.2) is 30.2 Å². The van der Waals surface area contributed by atoms with Crippen LogP contribution in [0.25, 0.3) is 0 Å². The predicted molar refractivity (Wildman–Crippen MR) is 33.6 cm³/mol. The molecule has 1 atom stereocenters. The van der Waals surface area contributed by atoms with Gasteiger partial charge in [0.2, 0.25) is 5.08 Å². The monoisotopic (exact) mass is 199 g/mol. The Balaban J connectivity index is 3.73. The SMILES string of the molecule is CON(C)C(=O)C(F)Br. The number of alkyl halides is 2. The molecule has 0 spiro atoms. The van der Waals surface area contributed by atoms with E-state index in [4.69, 9.17) is 0 Å². The first kappa shape index (κ1) is 8.84. The van der Waals surface area contributed by atoms with Gasteiger partial charge in [-0.15, -0.1) is 0 Å². The van der Waals surface area contributed by atoms with Crippen molar-refractivity contribution in [1.29, 1.82) is 0 Å². The fourth-order valence-corrected chi connectivity index (χ4v) is 0.516. The molecule has 0 radical (unpaired) electrons. The lowest BCUT2D eigenvalue weighted by molar-refractivity contribution is -0.170. The maximum absolute atomic E-state index is 12.0. The topological polar surface area (TPSA) is 29.5 Å². The molecule has 1 amide bonds. The van der Waals surface area contributed by atoms with Crippen LogP contribution in [0.2, 0.25) is 0 Å². The van der Waals surface area contributed by atoms with Gasteiger partial charge in [-0.05, 0) is 15.9 Å². The molecule has 0 bridgehead atoms. The molecule has 9 heavy (non-hydrogen) atoms. The van der Waals surface area contributed by atoms with Crippen LogP contribution < -0.4 is 0 Å². The normalized spacial score (nSPS) is 12.9. The van der Waals surface area contributed by atoms with Gasteiger partial charge < -0.3 is 0 Å². The van der Waals surface area contributed by atoms with E-state index in [1.54, 1.807) is 0 Å². The van der Waals surface area contributed by atoms with Gasteiger partial charge in [-0.2, -0.15) is 0 Å². The lowest BCUT2D eigenvalue weighted by Crippen LogP contribution is -2.30. The number of halogens is 2. The van der Waals surface area contributed by atoms with Gasteiger partial charge in [0.1, 0.15) is 0 Å². The molecule has 0 saturated carbocycles. The smallest absolute Gasteiger partial charge is 0.274 e. The summed E-state index contributed by atoms with van der Waals surface area (Å²) in [7, 11) is 2.61. The predicted octanol–water partition coefficient (Wildman–Crippen LogP) is 0.697. The summed E-state index contributed by atoms with van der Waals surface area (Å²) in [4.78, 5) is 14.8. The molecular formula is C4H7BrFNO2. The number of hydroxylamine groups is 2. The van der Waals surface area contributed by atoms with Crippen LogP contribution in [0, 0.1) is 0 Å². The summed E-state index contributed by atoms with van der Waals surface area (Å²) in [6, 6.07) is 0. The standard InChI is InChI=1S/C4H7BrFNO2/c1-7(9-2)4(8)3(5)6/h3H,1-2H3. The van der Waals surface area contributed by atoms with Crippen molar-refractivity contribution in [3.63, 3.8) is 0 Å². The molecule has 0 N–H and O–H groups in total. The van der Waals surface area contributed by atoms with Crippen LogP contribution in [0.3, 0.4) is 0 Å². The molecular weight excluding hydrogens is 193 g/mol. The molecule has 0 heterocycles. The molecule has 1 unspecified atom stereocenters. The third-order valence-electron chi connectivity index (χ3n) is 0.771. The first-order chi connectivity index (χ1) is 4.09. The number of rotatable bonds is 2. The molecule has 0 aromatic heterocycles. The lowest BCUT2D eigenvalue weighted by atomic mass is 10.7. The molecule has 0 saturated heterocycles. The Morgan fingerprint density at radius 2 is 2.33 bits per heavy atom. The number of hydrogen-bond donors (Lipinski definition) is 0. The van der Waals surface area contributed by atoms with E-state index in [9.17, 15) is 9.18 Å². The van der Waals surface area contributed by atoms with E-state index in [1.807, 2.05) is 0 Å².